The molecule has 0 aliphatic heterocycles. The third-order valence-corrected chi connectivity index (χ3v) is 1.01. The maximum Gasteiger partial charge on any atom is 0.320 e. The molecule has 1 atom stereocenters. The van der Waals surface area contributed by atoms with Crippen LogP contribution in [0.3, 0.4) is 0 Å². The van der Waals surface area contributed by atoms with Crippen molar-refractivity contribution in [1.29, 1.82) is 0 Å². The molecule has 0 rings (SSSR count). The van der Waals surface area contributed by atoms with Crippen LogP contribution in [0.2, 0.25) is 0 Å². The number of hydrogen-bond acceptors (Lipinski definition) is 3. The van der Waals surface area contributed by atoms with Crippen LogP contribution in [0.15, 0.2) is 12.2 Å². The van der Waals surface area contributed by atoms with Gasteiger partial charge in [0.05, 0.1) is 0 Å². The lowest BCUT2D eigenvalue weighted by Gasteiger charge is -1.99. The van der Waals surface area contributed by atoms with Gasteiger partial charge in [-0.15, -0.1) is 0 Å². The van der Waals surface area contributed by atoms with Gasteiger partial charge in [-0.25, -0.2) is 0 Å². The van der Waals surface area contributed by atoms with E-state index in [9.17, 15) is 4.79 Å². The van der Waals surface area contributed by atoms with Gasteiger partial charge in [0.25, 0.3) is 0 Å². The van der Waals surface area contributed by atoms with E-state index < -0.39 is 12.0 Å². The Hall–Kier alpha value is -0.870. The molecule has 0 bridgehead atoms. The SMILES string of the molecule is NCC=CC[C@H](N)C(=O)O. The van der Waals surface area contributed by atoms with Gasteiger partial charge in [0.1, 0.15) is 6.04 Å². The Morgan fingerprint density at radius 2 is 2.20 bits per heavy atom. The second kappa shape index (κ2) is 4.96. The maximum atomic E-state index is 10.1. The van der Waals surface area contributed by atoms with Crippen molar-refractivity contribution in [2.45, 2.75) is 12.5 Å². The fraction of sp³-hybridized carbons (Fsp3) is 0.500. The summed E-state index contributed by atoms with van der Waals surface area (Å²) in [6.07, 6.45) is 3.69. The van der Waals surface area contributed by atoms with Crippen molar-refractivity contribution in [3.63, 3.8) is 0 Å². The topological polar surface area (TPSA) is 89.3 Å². The lowest BCUT2D eigenvalue weighted by molar-refractivity contribution is -0.138. The smallest absolute Gasteiger partial charge is 0.320 e. The van der Waals surface area contributed by atoms with Crippen molar-refractivity contribution in [3.8, 4) is 0 Å². The number of rotatable bonds is 4. The minimum Gasteiger partial charge on any atom is -0.480 e. The summed E-state index contributed by atoms with van der Waals surface area (Å²) in [6.45, 7) is 0.423. The third kappa shape index (κ3) is 4.05. The van der Waals surface area contributed by atoms with Crippen LogP contribution in [0.1, 0.15) is 6.42 Å². The highest BCUT2D eigenvalue weighted by atomic mass is 16.4. The Morgan fingerprint density at radius 3 is 2.60 bits per heavy atom. The summed E-state index contributed by atoms with van der Waals surface area (Å²) >= 11 is 0. The highest BCUT2D eigenvalue weighted by Gasteiger charge is 2.07. The second-order valence-electron chi connectivity index (χ2n) is 1.89. The van der Waals surface area contributed by atoms with Crippen LogP contribution in [0.25, 0.3) is 0 Å². The Morgan fingerprint density at radius 1 is 1.60 bits per heavy atom. The Balaban J connectivity index is 3.48. The van der Waals surface area contributed by atoms with E-state index in [0.717, 1.165) is 0 Å². The van der Waals surface area contributed by atoms with Crippen LogP contribution in [0, 0.1) is 0 Å². The molecule has 0 aliphatic rings. The van der Waals surface area contributed by atoms with Gasteiger partial charge in [-0.1, -0.05) is 12.2 Å². The van der Waals surface area contributed by atoms with Crippen LogP contribution in [-0.2, 0) is 4.79 Å². The maximum absolute atomic E-state index is 10.1. The van der Waals surface area contributed by atoms with Gasteiger partial charge in [-0.05, 0) is 6.42 Å². The zero-order chi connectivity index (χ0) is 7.98. The summed E-state index contributed by atoms with van der Waals surface area (Å²) in [6, 6.07) is -0.803. The molecule has 0 radical (unpaired) electrons. The largest absolute Gasteiger partial charge is 0.480 e. The molecule has 0 unspecified atom stereocenters. The van der Waals surface area contributed by atoms with E-state index in [-0.39, 0.29) is 0 Å². The lowest BCUT2D eigenvalue weighted by Crippen LogP contribution is -2.29. The molecule has 0 amide bonds. The van der Waals surface area contributed by atoms with Crippen LogP contribution in [-0.4, -0.2) is 23.7 Å². The lowest BCUT2D eigenvalue weighted by atomic mass is 10.2. The summed E-state index contributed by atoms with van der Waals surface area (Å²) in [4.78, 5) is 10.1. The molecule has 0 aromatic heterocycles. The molecule has 0 aromatic carbocycles. The average molecular weight is 144 g/mol. The van der Waals surface area contributed by atoms with E-state index in [1.165, 1.54) is 0 Å². The van der Waals surface area contributed by atoms with Gasteiger partial charge in [-0.2, -0.15) is 0 Å². The van der Waals surface area contributed by atoms with E-state index in [1.54, 1.807) is 12.2 Å². The molecule has 58 valence electrons. The number of aliphatic carboxylic acids is 1. The summed E-state index contributed by atoms with van der Waals surface area (Å²) < 4.78 is 0. The number of hydrogen-bond donors (Lipinski definition) is 3. The quantitative estimate of drug-likeness (QED) is 0.455. The van der Waals surface area contributed by atoms with Crippen molar-refractivity contribution >= 4 is 5.97 Å². The first-order chi connectivity index (χ1) is 4.68. The fourth-order valence-electron chi connectivity index (χ4n) is 0.440. The molecule has 5 N–H and O–H groups in total. The van der Waals surface area contributed by atoms with Crippen molar-refractivity contribution < 1.29 is 9.90 Å². The van der Waals surface area contributed by atoms with Crippen LogP contribution in [0.5, 0.6) is 0 Å². The van der Waals surface area contributed by atoms with Crippen LogP contribution >= 0.6 is 0 Å². The van der Waals surface area contributed by atoms with Gasteiger partial charge < -0.3 is 16.6 Å². The molecule has 4 nitrogen and oxygen atoms in total. The zero-order valence-corrected chi connectivity index (χ0v) is 5.66. The molecule has 0 spiro atoms. The number of carboxylic acid groups (broad SMARTS) is 1. The highest BCUT2D eigenvalue weighted by molar-refractivity contribution is 5.73. The third-order valence-electron chi connectivity index (χ3n) is 1.01. The van der Waals surface area contributed by atoms with E-state index in [1.807, 2.05) is 0 Å². The Labute approximate surface area is 59.5 Å². The standard InChI is InChI=1S/C6H12N2O2/c7-4-2-1-3-5(8)6(9)10/h1-2,5H,3-4,7-8H2,(H,9,10)/t5-/m0/s1. The molecule has 0 aromatic rings. The fourth-order valence-corrected chi connectivity index (χ4v) is 0.440. The molecule has 0 heterocycles. The highest BCUT2D eigenvalue weighted by Crippen LogP contribution is 1.88. The summed E-state index contributed by atoms with van der Waals surface area (Å²) in [7, 11) is 0. The van der Waals surface area contributed by atoms with Crippen LogP contribution in [0.4, 0.5) is 0 Å². The van der Waals surface area contributed by atoms with Crippen molar-refractivity contribution in [2.24, 2.45) is 11.5 Å². The summed E-state index contributed by atoms with van der Waals surface area (Å²) in [5.41, 5.74) is 10.3. The minimum atomic E-state index is -0.985. The molecule has 0 aliphatic carbocycles. The van der Waals surface area contributed by atoms with Crippen molar-refractivity contribution in [1.82, 2.24) is 0 Å². The molecule has 10 heavy (non-hydrogen) atoms. The number of carboxylic acids is 1. The van der Waals surface area contributed by atoms with Crippen molar-refractivity contribution in [3.05, 3.63) is 12.2 Å². The van der Waals surface area contributed by atoms with Gasteiger partial charge >= 0.3 is 5.97 Å². The monoisotopic (exact) mass is 144 g/mol. The van der Waals surface area contributed by atoms with E-state index in [4.69, 9.17) is 16.6 Å². The summed E-state index contributed by atoms with van der Waals surface area (Å²) in [5.74, 6) is -0.985. The Bertz CT molecular complexity index is 134. The predicted octanol–water partition coefficient (Wildman–Crippen LogP) is -0.697. The molecular weight excluding hydrogens is 132 g/mol. The first-order valence-corrected chi connectivity index (χ1v) is 3.02. The minimum absolute atomic E-state index is 0.340. The molecule has 4 heteroatoms. The van der Waals surface area contributed by atoms with Gasteiger partial charge in [0.2, 0.25) is 0 Å². The van der Waals surface area contributed by atoms with Crippen molar-refractivity contribution in [2.75, 3.05) is 6.54 Å². The summed E-state index contributed by atoms with van der Waals surface area (Å²) in [5, 5.41) is 8.29. The van der Waals surface area contributed by atoms with Gasteiger partial charge in [0, 0.05) is 6.54 Å². The van der Waals surface area contributed by atoms with E-state index >= 15 is 0 Å². The predicted molar refractivity (Wildman–Crippen MR) is 38.4 cm³/mol. The molecular formula is C6H12N2O2. The first-order valence-electron chi connectivity index (χ1n) is 3.02. The zero-order valence-electron chi connectivity index (χ0n) is 5.66. The van der Waals surface area contributed by atoms with E-state index in [0.29, 0.717) is 13.0 Å². The normalized spacial score (nSPS) is 13.8. The first kappa shape index (κ1) is 9.13. The average Bonchev–Trinajstić information content (AvgIpc) is 1.88. The van der Waals surface area contributed by atoms with E-state index in [2.05, 4.69) is 0 Å². The molecule has 0 saturated carbocycles. The molecule has 0 saturated heterocycles. The van der Waals surface area contributed by atoms with Gasteiger partial charge in [-0.3, -0.25) is 4.79 Å². The second-order valence-corrected chi connectivity index (χ2v) is 1.89. The molecule has 0 fully saturated rings. The number of carbonyl (C=O) groups is 1. The van der Waals surface area contributed by atoms with Gasteiger partial charge in [0.15, 0.2) is 0 Å². The van der Waals surface area contributed by atoms with Crippen LogP contribution < -0.4 is 11.5 Å². The Kier molecular flexibility index (Phi) is 4.53. The number of nitrogens with two attached hydrogens (primary N) is 2.